The van der Waals surface area contributed by atoms with Gasteiger partial charge in [-0.1, -0.05) is 52.5 Å². The molecule has 1 aliphatic carbocycles. The maximum Gasteiger partial charge on any atom is 0.238 e. The van der Waals surface area contributed by atoms with Crippen molar-refractivity contribution in [2.75, 3.05) is 7.11 Å². The van der Waals surface area contributed by atoms with Crippen LogP contribution in [0.1, 0.15) is 65.9 Å². The molecule has 2 rings (SSSR count). The van der Waals surface area contributed by atoms with E-state index in [4.69, 9.17) is 9.88 Å². The third-order valence-electron chi connectivity index (χ3n) is 4.50. The van der Waals surface area contributed by atoms with Gasteiger partial charge >= 0.3 is 0 Å². The molecule has 0 spiro atoms. The average molecular weight is 438 g/mol. The predicted molar refractivity (Wildman–Crippen MR) is 125 cm³/mol. The molecule has 0 fully saturated rings. The third kappa shape index (κ3) is 7.92. The summed E-state index contributed by atoms with van der Waals surface area (Å²) in [4.78, 5) is 0.0933. The molecule has 0 radical (unpaired) electrons. The lowest BCUT2D eigenvalue weighted by atomic mass is 9.95. The van der Waals surface area contributed by atoms with Crippen molar-refractivity contribution in [1.82, 2.24) is 0 Å². The van der Waals surface area contributed by atoms with Crippen LogP contribution in [-0.4, -0.2) is 15.5 Å². The number of hydrogen-bond donors (Lipinski definition) is 1. The van der Waals surface area contributed by atoms with Crippen LogP contribution in [0.4, 0.5) is 4.39 Å². The summed E-state index contributed by atoms with van der Waals surface area (Å²) in [5.74, 6) is -0.454. The van der Waals surface area contributed by atoms with Crippen molar-refractivity contribution in [2.45, 2.75) is 65.2 Å². The highest BCUT2D eigenvalue weighted by molar-refractivity contribution is 7.89. The number of primary sulfonamides is 1. The Morgan fingerprint density at radius 1 is 1.17 bits per heavy atom. The van der Waals surface area contributed by atoms with Gasteiger partial charge in [-0.15, -0.1) is 0 Å². The zero-order valence-electron chi connectivity index (χ0n) is 19.1. The Morgan fingerprint density at radius 3 is 2.20 bits per heavy atom. The molecule has 0 heterocycles. The van der Waals surface area contributed by atoms with Crippen molar-refractivity contribution < 1.29 is 17.5 Å². The number of rotatable bonds is 7. The van der Waals surface area contributed by atoms with E-state index in [0.29, 0.717) is 6.42 Å². The van der Waals surface area contributed by atoms with Crippen LogP contribution >= 0.6 is 0 Å². The summed E-state index contributed by atoms with van der Waals surface area (Å²) in [5, 5.41) is 5.15. The first kappa shape index (κ1) is 27.8. The molecule has 1 aromatic carbocycles. The molecule has 0 aromatic heterocycles. The van der Waals surface area contributed by atoms with Crippen LogP contribution in [0, 0.1) is 0 Å². The normalized spacial score (nSPS) is 14.4. The molecule has 0 unspecified atom stereocenters. The number of allylic oxidation sites excluding steroid dienone is 6. The van der Waals surface area contributed by atoms with Crippen LogP contribution in [0.15, 0.2) is 70.6 Å². The van der Waals surface area contributed by atoms with Gasteiger partial charge < -0.3 is 4.74 Å². The van der Waals surface area contributed by atoms with Crippen LogP contribution in [0.2, 0.25) is 0 Å². The van der Waals surface area contributed by atoms with E-state index < -0.39 is 15.9 Å². The van der Waals surface area contributed by atoms with Gasteiger partial charge in [-0.25, -0.2) is 17.9 Å². The Morgan fingerprint density at radius 2 is 1.73 bits per heavy atom. The number of hydrogen-bond acceptors (Lipinski definition) is 3. The van der Waals surface area contributed by atoms with Crippen LogP contribution in [0.3, 0.4) is 0 Å². The van der Waals surface area contributed by atoms with E-state index in [1.54, 1.807) is 12.1 Å². The van der Waals surface area contributed by atoms with Gasteiger partial charge in [0, 0.05) is 0 Å². The fourth-order valence-corrected chi connectivity index (χ4v) is 3.60. The summed E-state index contributed by atoms with van der Waals surface area (Å²) in [6.45, 7) is 13.4. The topological polar surface area (TPSA) is 69.4 Å². The van der Waals surface area contributed by atoms with E-state index in [9.17, 15) is 12.8 Å². The minimum absolute atomic E-state index is 0.0136. The Balaban J connectivity index is 0.00000198. The van der Waals surface area contributed by atoms with Gasteiger partial charge in [-0.2, -0.15) is 0 Å². The van der Waals surface area contributed by atoms with Crippen molar-refractivity contribution in [3.63, 3.8) is 0 Å². The molecule has 4 nitrogen and oxygen atoms in total. The number of methoxy groups -OCH3 is 1. The molecule has 6 heteroatoms. The second-order valence-corrected chi connectivity index (χ2v) is 7.64. The van der Waals surface area contributed by atoms with E-state index in [0.717, 1.165) is 30.4 Å². The summed E-state index contributed by atoms with van der Waals surface area (Å²) in [5.41, 5.74) is 4.36. The maximum atomic E-state index is 13.9. The smallest absolute Gasteiger partial charge is 0.238 e. The van der Waals surface area contributed by atoms with Gasteiger partial charge in [0.15, 0.2) is 5.83 Å². The maximum absolute atomic E-state index is 13.9. The number of ether oxygens (including phenoxy) is 1. The summed E-state index contributed by atoms with van der Waals surface area (Å²) < 4.78 is 41.5. The second kappa shape index (κ2) is 13.9. The van der Waals surface area contributed by atoms with Gasteiger partial charge in [0.2, 0.25) is 10.0 Å². The van der Waals surface area contributed by atoms with E-state index in [-0.39, 0.29) is 10.7 Å². The fourth-order valence-electron chi connectivity index (χ4n) is 3.09. The zero-order valence-corrected chi connectivity index (χ0v) is 19.9. The molecule has 0 amide bonds. The Bertz CT molecular complexity index is 880. The van der Waals surface area contributed by atoms with E-state index >= 15 is 0 Å². The molecule has 168 valence electrons. The lowest BCUT2D eigenvalue weighted by molar-refractivity contribution is 0.285. The Hall–Kier alpha value is -2.18. The van der Waals surface area contributed by atoms with Crippen molar-refractivity contribution in [2.24, 2.45) is 5.14 Å². The highest BCUT2D eigenvalue weighted by atomic mass is 32.2. The number of sulfonamides is 1. The van der Waals surface area contributed by atoms with E-state index in [2.05, 4.69) is 6.58 Å². The van der Waals surface area contributed by atoms with Gasteiger partial charge in [-0.05, 0) is 73.1 Å². The molecule has 0 saturated carbocycles. The minimum Gasteiger partial charge on any atom is -0.494 e. The van der Waals surface area contributed by atoms with Gasteiger partial charge in [-0.3, -0.25) is 0 Å². The Labute approximate surface area is 182 Å². The minimum atomic E-state index is -3.70. The molecular formula is C24H36FNO3S. The Kier molecular flexibility index (Phi) is 12.9. The zero-order chi connectivity index (χ0) is 23.3. The third-order valence-corrected chi connectivity index (χ3v) is 5.43. The summed E-state index contributed by atoms with van der Waals surface area (Å²) >= 11 is 0. The van der Waals surface area contributed by atoms with Crippen LogP contribution in [0.25, 0.3) is 5.57 Å². The molecule has 0 saturated heterocycles. The summed E-state index contributed by atoms with van der Waals surface area (Å²) in [6.07, 6.45) is 6.71. The van der Waals surface area contributed by atoms with Crippen LogP contribution in [0.5, 0.6) is 0 Å². The van der Waals surface area contributed by atoms with Crippen LogP contribution < -0.4 is 5.14 Å². The van der Waals surface area contributed by atoms with Crippen molar-refractivity contribution in [3.8, 4) is 0 Å². The van der Waals surface area contributed by atoms with E-state index in [1.165, 1.54) is 36.5 Å². The SMILES string of the molecule is C=C(OC)/C(F)=C\C/C(=C\C)C1=C(c2ccc(S(N)(=O)=O)cc2)CCC1.CC.CC. The molecule has 0 atom stereocenters. The van der Waals surface area contributed by atoms with Gasteiger partial charge in [0.05, 0.1) is 12.0 Å². The molecule has 30 heavy (non-hydrogen) atoms. The largest absolute Gasteiger partial charge is 0.494 e. The average Bonchev–Trinajstić information content (AvgIpc) is 3.25. The first-order chi connectivity index (χ1) is 14.3. The number of halogens is 1. The molecule has 0 bridgehead atoms. The second-order valence-electron chi connectivity index (χ2n) is 6.08. The first-order valence-electron chi connectivity index (χ1n) is 10.4. The van der Waals surface area contributed by atoms with Crippen molar-refractivity contribution in [1.29, 1.82) is 0 Å². The van der Waals surface area contributed by atoms with E-state index in [1.807, 2.05) is 40.7 Å². The lowest BCUT2D eigenvalue weighted by Gasteiger charge is -2.12. The fraction of sp³-hybridized carbons (Fsp3) is 0.417. The highest BCUT2D eigenvalue weighted by Gasteiger charge is 2.19. The quantitative estimate of drug-likeness (QED) is 0.382. The van der Waals surface area contributed by atoms with Crippen LogP contribution in [-0.2, 0) is 14.8 Å². The number of benzene rings is 1. The van der Waals surface area contributed by atoms with Gasteiger partial charge in [0.1, 0.15) is 5.76 Å². The molecular weight excluding hydrogens is 401 g/mol. The monoisotopic (exact) mass is 437 g/mol. The summed E-state index contributed by atoms with van der Waals surface area (Å²) in [6, 6.07) is 6.59. The van der Waals surface area contributed by atoms with Crippen molar-refractivity contribution >= 4 is 15.6 Å². The first-order valence-corrected chi connectivity index (χ1v) is 11.9. The molecule has 2 N–H and O–H groups in total. The number of nitrogens with two attached hydrogens (primary N) is 1. The standard InChI is InChI=1S/C20H24FNO3S.2C2H6/c1-4-15(10-13-20(21)14(2)25-3)18-6-5-7-19(18)16-8-11-17(12-9-16)26(22,23)24;2*1-2/h4,8-9,11-13H,2,5-7,10H2,1,3H3,(H2,22,23,24);2*1-2H3/b15-4+,20-13+;;. The predicted octanol–water partition coefficient (Wildman–Crippen LogP) is 6.67. The van der Waals surface area contributed by atoms with Crippen molar-refractivity contribution in [3.05, 3.63) is 71.3 Å². The molecule has 1 aliphatic rings. The highest BCUT2D eigenvalue weighted by Crippen LogP contribution is 2.39. The summed E-state index contributed by atoms with van der Waals surface area (Å²) in [7, 11) is -2.32. The lowest BCUT2D eigenvalue weighted by Crippen LogP contribution is -2.11. The molecule has 1 aromatic rings. The van der Waals surface area contributed by atoms with Gasteiger partial charge in [0.25, 0.3) is 0 Å². The molecule has 0 aliphatic heterocycles.